The third-order valence-electron chi connectivity index (χ3n) is 4.24. The van der Waals surface area contributed by atoms with E-state index in [1.54, 1.807) is 0 Å². The Bertz CT molecular complexity index is 420. The second kappa shape index (κ2) is 4.47. The molecule has 18 heavy (non-hydrogen) atoms. The van der Waals surface area contributed by atoms with E-state index < -0.39 is 0 Å². The highest BCUT2D eigenvalue weighted by Crippen LogP contribution is 2.43. The lowest BCUT2D eigenvalue weighted by atomic mass is 9.74. The van der Waals surface area contributed by atoms with Crippen molar-refractivity contribution in [3.8, 4) is 5.75 Å². The Morgan fingerprint density at radius 2 is 2.22 bits per heavy atom. The Morgan fingerprint density at radius 3 is 2.89 bits per heavy atom. The third-order valence-corrected chi connectivity index (χ3v) is 4.24. The van der Waals surface area contributed by atoms with Gasteiger partial charge in [0.05, 0.1) is 17.9 Å². The van der Waals surface area contributed by atoms with Gasteiger partial charge in [0.25, 0.3) is 0 Å². The molecular formula is C15H21NO2. The number of nitrogen functional groups attached to an aromatic ring is 1. The Labute approximate surface area is 108 Å². The molecule has 1 saturated carbocycles. The number of anilines is 1. The largest absolute Gasteiger partial charge is 0.488 e. The first-order valence-corrected chi connectivity index (χ1v) is 6.84. The molecule has 1 unspecified atom stereocenters. The predicted octanol–water partition coefficient (Wildman–Crippen LogP) is 3.06. The van der Waals surface area contributed by atoms with E-state index in [0.29, 0.717) is 0 Å². The average Bonchev–Trinajstić information content (AvgIpc) is 2.33. The molecule has 0 aromatic heterocycles. The minimum atomic E-state index is 0.125. The van der Waals surface area contributed by atoms with Crippen LogP contribution < -0.4 is 10.5 Å². The molecule has 1 aromatic carbocycles. The first kappa shape index (κ1) is 11.8. The van der Waals surface area contributed by atoms with Crippen LogP contribution in [0.4, 0.5) is 5.69 Å². The predicted molar refractivity (Wildman–Crippen MR) is 71.8 cm³/mol. The maximum absolute atomic E-state index is 6.14. The van der Waals surface area contributed by atoms with Crippen LogP contribution in [0.2, 0.25) is 0 Å². The smallest absolute Gasteiger partial charge is 0.145 e. The normalized spacial score (nSPS) is 25.7. The summed E-state index contributed by atoms with van der Waals surface area (Å²) in [6.07, 6.45) is 5.91. The molecule has 2 aliphatic rings. The summed E-state index contributed by atoms with van der Waals surface area (Å²) in [4.78, 5) is 0. The number of aryl methyl sites for hydroxylation is 1. The monoisotopic (exact) mass is 247 g/mol. The first-order chi connectivity index (χ1) is 8.69. The van der Waals surface area contributed by atoms with E-state index in [1.807, 2.05) is 25.1 Å². The molecule has 1 aromatic rings. The van der Waals surface area contributed by atoms with Gasteiger partial charge in [-0.15, -0.1) is 0 Å². The van der Waals surface area contributed by atoms with E-state index in [-0.39, 0.29) is 11.7 Å². The molecule has 1 aliphatic heterocycles. The molecule has 0 amide bonds. The van der Waals surface area contributed by atoms with Crippen molar-refractivity contribution < 1.29 is 9.47 Å². The lowest BCUT2D eigenvalue weighted by molar-refractivity contribution is -0.153. The summed E-state index contributed by atoms with van der Waals surface area (Å²) >= 11 is 0. The molecule has 1 atom stereocenters. The van der Waals surface area contributed by atoms with Crippen molar-refractivity contribution in [2.75, 3.05) is 12.3 Å². The van der Waals surface area contributed by atoms with E-state index in [9.17, 15) is 0 Å². The van der Waals surface area contributed by atoms with E-state index >= 15 is 0 Å². The second-order valence-corrected chi connectivity index (χ2v) is 5.61. The highest BCUT2D eigenvalue weighted by molar-refractivity contribution is 5.56. The zero-order valence-corrected chi connectivity index (χ0v) is 10.9. The van der Waals surface area contributed by atoms with Crippen LogP contribution in [0.25, 0.3) is 0 Å². The molecule has 1 saturated heterocycles. The van der Waals surface area contributed by atoms with Crippen LogP contribution >= 0.6 is 0 Å². The number of hydrogen-bond acceptors (Lipinski definition) is 3. The number of para-hydroxylation sites is 1. The SMILES string of the molecule is Cc1cccc(N)c1OC1CCOC2(CCC2)C1. The Hall–Kier alpha value is -1.22. The van der Waals surface area contributed by atoms with Crippen LogP contribution in [0.5, 0.6) is 5.75 Å². The molecule has 2 N–H and O–H groups in total. The quantitative estimate of drug-likeness (QED) is 0.817. The van der Waals surface area contributed by atoms with Gasteiger partial charge in [-0.1, -0.05) is 12.1 Å². The Kier molecular flexibility index (Phi) is 2.94. The molecule has 3 nitrogen and oxygen atoms in total. The number of ether oxygens (including phenoxy) is 2. The molecule has 3 heteroatoms. The van der Waals surface area contributed by atoms with Gasteiger partial charge >= 0.3 is 0 Å². The fraction of sp³-hybridized carbons (Fsp3) is 0.600. The summed E-state index contributed by atoms with van der Waals surface area (Å²) in [5.74, 6) is 0.860. The average molecular weight is 247 g/mol. The lowest BCUT2D eigenvalue weighted by Gasteiger charge is -2.47. The lowest BCUT2D eigenvalue weighted by Crippen LogP contribution is -2.48. The van der Waals surface area contributed by atoms with Gasteiger partial charge < -0.3 is 15.2 Å². The van der Waals surface area contributed by atoms with Crippen LogP contribution in [0, 0.1) is 6.92 Å². The standard InChI is InChI=1S/C15H21NO2/c1-11-4-2-5-13(16)14(11)18-12-6-9-17-15(10-12)7-3-8-15/h2,4-5,12H,3,6-10,16H2,1H3. The van der Waals surface area contributed by atoms with Crippen molar-refractivity contribution in [1.82, 2.24) is 0 Å². The molecular weight excluding hydrogens is 226 g/mol. The van der Waals surface area contributed by atoms with Crippen molar-refractivity contribution in [1.29, 1.82) is 0 Å². The number of nitrogens with two attached hydrogens (primary N) is 1. The fourth-order valence-corrected chi connectivity index (χ4v) is 3.01. The number of benzene rings is 1. The maximum Gasteiger partial charge on any atom is 0.145 e. The summed E-state index contributed by atoms with van der Waals surface area (Å²) < 4.78 is 12.1. The summed E-state index contributed by atoms with van der Waals surface area (Å²) in [5, 5.41) is 0. The van der Waals surface area contributed by atoms with Crippen molar-refractivity contribution in [2.45, 2.75) is 50.7 Å². The Balaban J connectivity index is 1.72. The van der Waals surface area contributed by atoms with Gasteiger partial charge in [0.2, 0.25) is 0 Å². The molecule has 1 spiro atoms. The van der Waals surface area contributed by atoms with Crippen molar-refractivity contribution in [3.63, 3.8) is 0 Å². The van der Waals surface area contributed by atoms with Crippen molar-refractivity contribution in [3.05, 3.63) is 23.8 Å². The van der Waals surface area contributed by atoms with Gasteiger partial charge in [-0.3, -0.25) is 0 Å². The molecule has 98 valence electrons. The topological polar surface area (TPSA) is 44.5 Å². The van der Waals surface area contributed by atoms with Gasteiger partial charge in [0, 0.05) is 12.8 Å². The molecule has 1 heterocycles. The molecule has 2 fully saturated rings. The van der Waals surface area contributed by atoms with Gasteiger partial charge in [-0.2, -0.15) is 0 Å². The third kappa shape index (κ3) is 2.07. The highest BCUT2D eigenvalue weighted by atomic mass is 16.5. The second-order valence-electron chi connectivity index (χ2n) is 5.61. The molecule has 0 bridgehead atoms. The van der Waals surface area contributed by atoms with E-state index in [1.165, 1.54) is 19.3 Å². The van der Waals surface area contributed by atoms with E-state index in [2.05, 4.69) is 0 Å². The minimum absolute atomic E-state index is 0.125. The number of hydrogen-bond donors (Lipinski definition) is 1. The molecule has 0 radical (unpaired) electrons. The van der Waals surface area contributed by atoms with Gasteiger partial charge in [0.1, 0.15) is 11.9 Å². The fourth-order valence-electron chi connectivity index (χ4n) is 3.01. The zero-order chi connectivity index (χ0) is 12.6. The zero-order valence-electron chi connectivity index (χ0n) is 10.9. The summed E-state index contributed by atoms with van der Waals surface area (Å²) in [6, 6.07) is 5.92. The first-order valence-electron chi connectivity index (χ1n) is 6.84. The van der Waals surface area contributed by atoms with Crippen LogP contribution in [-0.2, 0) is 4.74 Å². The Morgan fingerprint density at radius 1 is 1.39 bits per heavy atom. The number of rotatable bonds is 2. The van der Waals surface area contributed by atoms with Gasteiger partial charge in [-0.05, 0) is 37.8 Å². The minimum Gasteiger partial charge on any atom is -0.488 e. The molecule has 1 aliphatic carbocycles. The van der Waals surface area contributed by atoms with Crippen LogP contribution in [0.3, 0.4) is 0 Å². The maximum atomic E-state index is 6.14. The van der Waals surface area contributed by atoms with Crippen LogP contribution in [0.1, 0.15) is 37.7 Å². The summed E-state index contributed by atoms with van der Waals surface area (Å²) in [5.41, 5.74) is 7.98. The van der Waals surface area contributed by atoms with Gasteiger partial charge in [0.15, 0.2) is 0 Å². The van der Waals surface area contributed by atoms with Crippen LogP contribution in [-0.4, -0.2) is 18.3 Å². The highest BCUT2D eigenvalue weighted by Gasteiger charge is 2.43. The summed E-state index contributed by atoms with van der Waals surface area (Å²) in [6.45, 7) is 2.86. The van der Waals surface area contributed by atoms with Crippen molar-refractivity contribution >= 4 is 5.69 Å². The van der Waals surface area contributed by atoms with E-state index in [4.69, 9.17) is 15.2 Å². The van der Waals surface area contributed by atoms with Crippen molar-refractivity contribution in [2.24, 2.45) is 0 Å². The van der Waals surface area contributed by atoms with E-state index in [0.717, 1.165) is 36.4 Å². The van der Waals surface area contributed by atoms with Gasteiger partial charge in [-0.25, -0.2) is 0 Å². The molecule has 3 rings (SSSR count). The summed E-state index contributed by atoms with van der Waals surface area (Å²) in [7, 11) is 0. The van der Waals surface area contributed by atoms with Crippen LogP contribution in [0.15, 0.2) is 18.2 Å².